The Morgan fingerprint density at radius 1 is 0.708 bits per heavy atom. The molecule has 1 N–H and O–H groups in total. The van der Waals surface area contributed by atoms with Crippen LogP contribution in [0.2, 0.25) is 0 Å². The second kappa shape index (κ2) is 7.51. The molecule has 3 nitrogen and oxygen atoms in total. The lowest BCUT2D eigenvalue weighted by Gasteiger charge is -2.14. The molecular formula is C20H17FO3. The van der Waals surface area contributed by atoms with Crippen LogP contribution in [0.1, 0.15) is 11.1 Å². The van der Waals surface area contributed by atoms with Crippen molar-refractivity contribution in [1.29, 1.82) is 0 Å². The van der Waals surface area contributed by atoms with Crippen molar-refractivity contribution in [1.82, 2.24) is 0 Å². The topological polar surface area (TPSA) is 38.7 Å². The van der Waals surface area contributed by atoms with Gasteiger partial charge in [0.1, 0.15) is 13.2 Å². The van der Waals surface area contributed by atoms with Gasteiger partial charge in [0, 0.05) is 12.1 Å². The van der Waals surface area contributed by atoms with Gasteiger partial charge in [-0.25, -0.2) is 4.39 Å². The maximum absolute atomic E-state index is 13.7. The zero-order chi connectivity index (χ0) is 16.8. The quantitative estimate of drug-likeness (QED) is 0.715. The van der Waals surface area contributed by atoms with Crippen molar-refractivity contribution in [3.63, 3.8) is 0 Å². The predicted octanol–water partition coefficient (Wildman–Crippen LogP) is 4.69. The van der Waals surface area contributed by atoms with E-state index in [0.717, 1.165) is 17.2 Å². The molecule has 0 aromatic heterocycles. The van der Waals surface area contributed by atoms with Crippen molar-refractivity contribution >= 4 is 0 Å². The van der Waals surface area contributed by atoms with E-state index in [1.54, 1.807) is 0 Å². The van der Waals surface area contributed by atoms with Gasteiger partial charge in [0.25, 0.3) is 0 Å². The first-order valence-electron chi connectivity index (χ1n) is 7.58. The smallest absolute Gasteiger partial charge is 0.168 e. The van der Waals surface area contributed by atoms with E-state index in [-0.39, 0.29) is 12.4 Å². The molecule has 0 unspecified atom stereocenters. The van der Waals surface area contributed by atoms with Gasteiger partial charge >= 0.3 is 0 Å². The first-order valence-corrected chi connectivity index (χ1v) is 7.58. The summed E-state index contributed by atoms with van der Waals surface area (Å²) in [6.45, 7) is 0.584. The lowest BCUT2D eigenvalue weighted by atomic mass is 10.2. The van der Waals surface area contributed by atoms with Gasteiger partial charge in [-0.05, 0) is 11.1 Å². The van der Waals surface area contributed by atoms with Gasteiger partial charge in [-0.3, -0.25) is 0 Å². The molecular weight excluding hydrogens is 307 g/mol. The van der Waals surface area contributed by atoms with E-state index in [0.29, 0.717) is 12.4 Å². The highest BCUT2D eigenvalue weighted by atomic mass is 19.1. The van der Waals surface area contributed by atoms with Crippen molar-refractivity contribution < 1.29 is 19.0 Å². The number of halogens is 1. The summed E-state index contributed by atoms with van der Waals surface area (Å²) >= 11 is 0. The summed E-state index contributed by atoms with van der Waals surface area (Å²) in [7, 11) is 0. The Morgan fingerprint density at radius 2 is 1.17 bits per heavy atom. The number of ether oxygens (including phenoxy) is 2. The van der Waals surface area contributed by atoms with Gasteiger partial charge in [0.2, 0.25) is 0 Å². The van der Waals surface area contributed by atoms with Crippen LogP contribution in [0.25, 0.3) is 0 Å². The Kier molecular flexibility index (Phi) is 4.96. The summed E-state index contributed by atoms with van der Waals surface area (Å²) in [5.74, 6) is -0.658. The van der Waals surface area contributed by atoms with Crippen molar-refractivity contribution in [2.24, 2.45) is 0 Å². The van der Waals surface area contributed by atoms with E-state index in [9.17, 15) is 9.50 Å². The Morgan fingerprint density at radius 3 is 1.67 bits per heavy atom. The van der Waals surface area contributed by atoms with E-state index in [2.05, 4.69) is 0 Å². The van der Waals surface area contributed by atoms with Crippen LogP contribution in [-0.4, -0.2) is 5.11 Å². The van der Waals surface area contributed by atoms with Crippen LogP contribution < -0.4 is 9.47 Å². The van der Waals surface area contributed by atoms with Crippen LogP contribution in [0.3, 0.4) is 0 Å². The van der Waals surface area contributed by atoms with E-state index in [4.69, 9.17) is 9.47 Å². The van der Waals surface area contributed by atoms with Crippen LogP contribution in [0, 0.1) is 5.82 Å². The fourth-order valence-electron chi connectivity index (χ4n) is 2.22. The van der Waals surface area contributed by atoms with Gasteiger partial charge in [-0.1, -0.05) is 60.7 Å². The molecule has 0 heterocycles. The van der Waals surface area contributed by atoms with Gasteiger partial charge < -0.3 is 14.6 Å². The molecule has 0 saturated heterocycles. The summed E-state index contributed by atoms with van der Waals surface area (Å²) in [5.41, 5.74) is 1.93. The molecule has 3 aromatic carbocycles. The molecule has 0 aliphatic rings. The maximum atomic E-state index is 13.7. The van der Waals surface area contributed by atoms with Crippen molar-refractivity contribution in [3.8, 4) is 17.2 Å². The number of benzene rings is 3. The van der Waals surface area contributed by atoms with E-state index < -0.39 is 11.6 Å². The van der Waals surface area contributed by atoms with E-state index >= 15 is 0 Å². The number of hydrogen-bond acceptors (Lipinski definition) is 3. The van der Waals surface area contributed by atoms with Crippen LogP contribution in [0.4, 0.5) is 4.39 Å². The van der Waals surface area contributed by atoms with E-state index in [1.165, 1.54) is 6.07 Å². The second-order valence-electron chi connectivity index (χ2n) is 5.30. The molecule has 3 aromatic rings. The Bertz CT molecular complexity index is 720. The Hall–Kier alpha value is -3.01. The standard InChI is InChI=1S/C20H17FO3/c21-17-11-19(23-13-15-7-3-1-4-8-15)20(12-18(17)22)24-14-16-9-5-2-6-10-16/h1-12,22H,13-14H2. The molecule has 0 spiro atoms. The molecule has 0 aliphatic carbocycles. The molecule has 24 heavy (non-hydrogen) atoms. The summed E-state index contributed by atoms with van der Waals surface area (Å²) in [5, 5.41) is 9.60. The van der Waals surface area contributed by atoms with Gasteiger partial charge in [-0.15, -0.1) is 0 Å². The highest BCUT2D eigenvalue weighted by molar-refractivity contribution is 5.46. The molecule has 0 bridgehead atoms. The zero-order valence-corrected chi connectivity index (χ0v) is 13.0. The number of phenols is 1. The normalized spacial score (nSPS) is 10.4. The fourth-order valence-corrected chi connectivity index (χ4v) is 2.22. The number of rotatable bonds is 6. The summed E-state index contributed by atoms with van der Waals surface area (Å²) in [6, 6.07) is 21.5. The van der Waals surface area contributed by atoms with Crippen molar-refractivity contribution in [3.05, 3.63) is 89.7 Å². The molecule has 0 saturated carbocycles. The molecule has 122 valence electrons. The fraction of sp³-hybridized carbons (Fsp3) is 0.100. The van der Waals surface area contributed by atoms with E-state index in [1.807, 2.05) is 60.7 Å². The minimum absolute atomic E-state index is 0.255. The zero-order valence-electron chi connectivity index (χ0n) is 13.0. The Labute approximate surface area is 139 Å². The summed E-state index contributed by atoms with van der Waals surface area (Å²) < 4.78 is 25.0. The number of phenolic OH excluding ortho intramolecular Hbond substituents is 1. The minimum Gasteiger partial charge on any atom is -0.505 e. The molecule has 0 fully saturated rings. The number of hydrogen-bond donors (Lipinski definition) is 1. The lowest BCUT2D eigenvalue weighted by molar-refractivity contribution is 0.252. The van der Waals surface area contributed by atoms with Gasteiger partial charge in [0.15, 0.2) is 23.1 Å². The summed E-state index contributed by atoms with van der Waals surface area (Å²) in [4.78, 5) is 0. The average molecular weight is 324 g/mol. The lowest BCUT2D eigenvalue weighted by Crippen LogP contribution is -2.01. The van der Waals surface area contributed by atoms with Crippen molar-refractivity contribution in [2.75, 3.05) is 0 Å². The number of aromatic hydroxyl groups is 1. The van der Waals surface area contributed by atoms with Crippen LogP contribution >= 0.6 is 0 Å². The maximum Gasteiger partial charge on any atom is 0.168 e. The first-order chi connectivity index (χ1) is 11.7. The molecule has 0 aliphatic heterocycles. The van der Waals surface area contributed by atoms with Gasteiger partial charge in [-0.2, -0.15) is 0 Å². The first kappa shape index (κ1) is 15.9. The minimum atomic E-state index is -0.745. The van der Waals surface area contributed by atoms with Gasteiger partial charge in [0.05, 0.1) is 0 Å². The molecule has 0 amide bonds. The average Bonchev–Trinajstić information content (AvgIpc) is 2.63. The van der Waals surface area contributed by atoms with Crippen LogP contribution in [0.15, 0.2) is 72.8 Å². The van der Waals surface area contributed by atoms with Crippen LogP contribution in [-0.2, 0) is 13.2 Å². The largest absolute Gasteiger partial charge is 0.505 e. The third kappa shape index (κ3) is 4.04. The third-order valence-electron chi connectivity index (χ3n) is 3.49. The summed E-state index contributed by atoms with van der Waals surface area (Å²) in [6.07, 6.45) is 0. The third-order valence-corrected chi connectivity index (χ3v) is 3.49. The second-order valence-corrected chi connectivity index (χ2v) is 5.30. The highest BCUT2D eigenvalue weighted by Crippen LogP contribution is 2.34. The SMILES string of the molecule is Oc1cc(OCc2ccccc2)c(OCc2ccccc2)cc1F. The molecule has 4 heteroatoms. The molecule has 0 atom stereocenters. The van der Waals surface area contributed by atoms with Crippen LogP contribution in [0.5, 0.6) is 17.2 Å². The predicted molar refractivity (Wildman–Crippen MR) is 89.6 cm³/mol. The highest BCUT2D eigenvalue weighted by Gasteiger charge is 2.12. The molecule has 3 rings (SSSR count). The Balaban J connectivity index is 1.75. The van der Waals surface area contributed by atoms with Crippen molar-refractivity contribution in [2.45, 2.75) is 13.2 Å². The molecule has 0 radical (unpaired) electrons. The monoisotopic (exact) mass is 324 g/mol.